The topological polar surface area (TPSA) is 65.3 Å². The van der Waals surface area contributed by atoms with Crippen molar-refractivity contribution in [3.63, 3.8) is 0 Å². The number of amides is 1. The molecule has 8 heteroatoms. The molecule has 24 heavy (non-hydrogen) atoms. The molecule has 5 nitrogen and oxygen atoms in total. The molecular weight excluding hydrogens is 323 g/mol. The van der Waals surface area contributed by atoms with Crippen LogP contribution < -0.4 is 0 Å². The molecule has 1 aromatic carbocycles. The normalized spacial score (nSPS) is 21.6. The maximum atomic E-state index is 12.9. The molecule has 1 atom stereocenters. The Hall–Kier alpha value is -1.96. The Labute approximate surface area is 137 Å². The lowest BCUT2D eigenvalue weighted by molar-refractivity contribution is -0.169. The summed E-state index contributed by atoms with van der Waals surface area (Å²) < 4.78 is 38.6. The fourth-order valence-electron chi connectivity index (χ4n) is 3.08. The summed E-state index contributed by atoms with van der Waals surface area (Å²) in [5, 5.41) is 16.5. The summed E-state index contributed by atoms with van der Waals surface area (Å²) in [5.41, 5.74) is -1.70. The van der Waals surface area contributed by atoms with E-state index in [-0.39, 0.29) is 12.3 Å². The van der Waals surface area contributed by atoms with Crippen LogP contribution in [0.4, 0.5) is 13.2 Å². The van der Waals surface area contributed by atoms with Gasteiger partial charge in [-0.25, -0.2) is 0 Å². The van der Waals surface area contributed by atoms with Crippen LogP contribution in [0.3, 0.4) is 0 Å². The average Bonchev–Trinajstić information content (AvgIpc) is 3.36. The van der Waals surface area contributed by atoms with Crippen molar-refractivity contribution in [2.45, 2.75) is 37.2 Å². The number of hydrogen-bond acceptors (Lipinski definition) is 4. The van der Waals surface area contributed by atoms with E-state index in [9.17, 15) is 23.1 Å². The van der Waals surface area contributed by atoms with E-state index in [0.29, 0.717) is 31.5 Å². The minimum Gasteiger partial charge on any atom is -0.378 e. The molecule has 1 amide bonds. The van der Waals surface area contributed by atoms with Crippen molar-refractivity contribution in [3.05, 3.63) is 35.9 Å². The Bertz CT molecular complexity index is 619. The Morgan fingerprint density at radius 1 is 1.25 bits per heavy atom. The first-order valence-corrected chi connectivity index (χ1v) is 7.85. The van der Waals surface area contributed by atoms with Gasteiger partial charge in [0.25, 0.3) is 11.6 Å². The monoisotopic (exact) mass is 341 g/mol. The molecule has 0 spiro atoms. The van der Waals surface area contributed by atoms with Crippen LogP contribution in [-0.4, -0.2) is 40.8 Å². The molecule has 1 N–H and O–H groups in total. The van der Waals surface area contributed by atoms with Crippen LogP contribution in [0.2, 0.25) is 0 Å². The molecule has 0 radical (unpaired) electrons. The lowest BCUT2D eigenvalue weighted by Crippen LogP contribution is -2.43. The summed E-state index contributed by atoms with van der Waals surface area (Å²) in [6.45, 7) is 0.669. The highest BCUT2D eigenvalue weighted by Gasteiger charge is 2.64. The van der Waals surface area contributed by atoms with Crippen LogP contribution in [0.15, 0.2) is 40.6 Å². The molecule has 0 unspecified atom stereocenters. The number of rotatable bonds is 4. The molecule has 2 aliphatic heterocycles. The summed E-state index contributed by atoms with van der Waals surface area (Å²) in [6.07, 6.45) is -4.92. The van der Waals surface area contributed by atoms with Gasteiger partial charge in [-0.1, -0.05) is 30.3 Å². The number of benzene rings is 1. The van der Waals surface area contributed by atoms with Gasteiger partial charge in [0.2, 0.25) is 0 Å². The van der Waals surface area contributed by atoms with Crippen molar-refractivity contribution in [1.29, 1.82) is 0 Å². The lowest BCUT2D eigenvalue weighted by atomic mass is 9.88. The molecule has 2 aliphatic rings. The van der Waals surface area contributed by atoms with Crippen molar-refractivity contribution in [3.8, 4) is 0 Å². The number of carbonyl (C=O) groups is 1. The van der Waals surface area contributed by atoms with Crippen molar-refractivity contribution in [1.82, 2.24) is 4.90 Å². The lowest BCUT2D eigenvalue weighted by Gasteiger charge is -2.34. The van der Waals surface area contributed by atoms with Gasteiger partial charge in [0.1, 0.15) is 0 Å². The molecule has 1 aromatic rings. The maximum absolute atomic E-state index is 12.9. The SMILES string of the molecule is O=C([C@H](O)c1ccccc1)N1CCC(CC2(C(F)(F)F)N=N2)CC1. The number of alkyl halides is 3. The van der Waals surface area contributed by atoms with E-state index >= 15 is 0 Å². The van der Waals surface area contributed by atoms with E-state index in [1.54, 1.807) is 30.3 Å². The number of carbonyl (C=O) groups excluding carboxylic acids is 1. The second kappa shape index (κ2) is 6.16. The predicted octanol–water partition coefficient (Wildman–Crippen LogP) is 3.07. The first-order chi connectivity index (χ1) is 11.3. The summed E-state index contributed by atoms with van der Waals surface area (Å²) in [5.74, 6) is -0.592. The highest BCUT2D eigenvalue weighted by molar-refractivity contribution is 5.82. The van der Waals surface area contributed by atoms with E-state index < -0.39 is 23.9 Å². The van der Waals surface area contributed by atoms with Gasteiger partial charge in [0.15, 0.2) is 6.10 Å². The van der Waals surface area contributed by atoms with Gasteiger partial charge in [-0.05, 0) is 24.3 Å². The van der Waals surface area contributed by atoms with E-state index in [2.05, 4.69) is 10.2 Å². The number of halogens is 3. The number of nitrogens with zero attached hydrogens (tertiary/aromatic N) is 3. The van der Waals surface area contributed by atoms with Crippen molar-refractivity contribution < 1.29 is 23.1 Å². The summed E-state index contributed by atoms with van der Waals surface area (Å²) >= 11 is 0. The van der Waals surface area contributed by atoms with Crippen LogP contribution in [-0.2, 0) is 4.79 Å². The Balaban J connectivity index is 1.53. The second-order valence-electron chi connectivity index (χ2n) is 6.30. The van der Waals surface area contributed by atoms with E-state index in [1.165, 1.54) is 4.90 Å². The third-order valence-corrected chi connectivity index (χ3v) is 4.64. The van der Waals surface area contributed by atoms with Crippen LogP contribution in [0.1, 0.15) is 30.9 Å². The summed E-state index contributed by atoms with van der Waals surface area (Å²) in [4.78, 5) is 13.8. The number of hydrogen-bond donors (Lipinski definition) is 1. The highest BCUT2D eigenvalue weighted by atomic mass is 19.4. The molecule has 1 fully saturated rings. The zero-order chi connectivity index (χ0) is 17.4. The largest absolute Gasteiger partial charge is 0.437 e. The first-order valence-electron chi connectivity index (χ1n) is 7.85. The standard InChI is InChI=1S/C16H18F3N3O2/c17-16(18,19)15(20-21-15)10-11-6-8-22(9-7-11)14(24)13(23)12-4-2-1-3-5-12/h1-5,11,13,23H,6-10H2/t13-/m1/s1. The summed E-state index contributed by atoms with van der Waals surface area (Å²) in [6, 6.07) is 8.59. The van der Waals surface area contributed by atoms with E-state index in [1.807, 2.05) is 0 Å². The van der Waals surface area contributed by atoms with Gasteiger partial charge in [0.05, 0.1) is 0 Å². The van der Waals surface area contributed by atoms with Gasteiger partial charge in [-0.3, -0.25) is 4.79 Å². The third kappa shape index (κ3) is 3.28. The Morgan fingerprint density at radius 2 is 1.83 bits per heavy atom. The second-order valence-corrected chi connectivity index (χ2v) is 6.30. The molecule has 0 bridgehead atoms. The van der Waals surface area contributed by atoms with Gasteiger partial charge in [-0.2, -0.15) is 13.2 Å². The van der Waals surface area contributed by atoms with Gasteiger partial charge in [0, 0.05) is 19.5 Å². The Morgan fingerprint density at radius 3 is 2.33 bits per heavy atom. The minimum absolute atomic E-state index is 0.153. The number of likely N-dealkylation sites (tertiary alicyclic amines) is 1. The van der Waals surface area contributed by atoms with Crippen molar-refractivity contribution in [2.24, 2.45) is 16.1 Å². The zero-order valence-corrected chi connectivity index (χ0v) is 12.9. The predicted molar refractivity (Wildman–Crippen MR) is 79.0 cm³/mol. The van der Waals surface area contributed by atoms with Crippen LogP contribution in [0.5, 0.6) is 0 Å². The van der Waals surface area contributed by atoms with Crippen molar-refractivity contribution in [2.75, 3.05) is 13.1 Å². The number of aliphatic hydroxyl groups is 1. The molecule has 0 saturated carbocycles. The van der Waals surface area contributed by atoms with Crippen LogP contribution >= 0.6 is 0 Å². The zero-order valence-electron chi connectivity index (χ0n) is 12.9. The fourth-order valence-corrected chi connectivity index (χ4v) is 3.08. The first kappa shape index (κ1) is 16.9. The van der Waals surface area contributed by atoms with E-state index in [4.69, 9.17) is 0 Å². The molecular formula is C16H18F3N3O2. The summed E-state index contributed by atoms with van der Waals surface area (Å²) in [7, 11) is 0. The van der Waals surface area contributed by atoms with Crippen LogP contribution in [0.25, 0.3) is 0 Å². The maximum Gasteiger partial charge on any atom is 0.437 e. The molecule has 130 valence electrons. The number of piperidine rings is 1. The van der Waals surface area contributed by atoms with Gasteiger partial charge in [-0.15, -0.1) is 10.2 Å². The molecule has 0 aromatic heterocycles. The number of aliphatic hydroxyl groups excluding tert-OH is 1. The highest BCUT2D eigenvalue weighted by Crippen LogP contribution is 2.49. The van der Waals surface area contributed by atoms with Gasteiger partial charge < -0.3 is 10.0 Å². The molecule has 3 rings (SSSR count). The molecule has 1 saturated heterocycles. The Kier molecular flexibility index (Phi) is 4.33. The van der Waals surface area contributed by atoms with Crippen LogP contribution in [0, 0.1) is 5.92 Å². The van der Waals surface area contributed by atoms with E-state index in [0.717, 1.165) is 0 Å². The minimum atomic E-state index is -4.44. The average molecular weight is 341 g/mol. The molecule has 2 heterocycles. The quantitative estimate of drug-likeness (QED) is 0.915. The smallest absolute Gasteiger partial charge is 0.378 e. The van der Waals surface area contributed by atoms with Crippen molar-refractivity contribution >= 4 is 5.91 Å². The third-order valence-electron chi connectivity index (χ3n) is 4.64. The van der Waals surface area contributed by atoms with Gasteiger partial charge >= 0.3 is 6.18 Å². The molecule has 0 aliphatic carbocycles. The fraction of sp³-hybridized carbons (Fsp3) is 0.562.